The molecule has 0 saturated heterocycles. The van der Waals surface area contributed by atoms with Crippen LogP contribution >= 0.6 is 0 Å². The third-order valence-electron chi connectivity index (χ3n) is 2.51. The van der Waals surface area contributed by atoms with Crippen LogP contribution in [0.4, 0.5) is 17.3 Å². The van der Waals surface area contributed by atoms with Crippen molar-refractivity contribution in [3.8, 4) is 0 Å². The summed E-state index contributed by atoms with van der Waals surface area (Å²) in [6.07, 6.45) is 4.20. The number of anilines is 1. The van der Waals surface area contributed by atoms with Crippen molar-refractivity contribution < 1.29 is 9.59 Å². The quantitative estimate of drug-likeness (QED) is 0.469. The highest BCUT2D eigenvalue weighted by Gasteiger charge is 2.01. The van der Waals surface area contributed by atoms with Crippen molar-refractivity contribution in [2.45, 2.75) is 0 Å². The lowest BCUT2D eigenvalue weighted by molar-refractivity contribution is 0.564. The molecule has 3 rings (SSSR count). The maximum Gasteiger partial charge on any atom is 0.278 e. The van der Waals surface area contributed by atoms with E-state index >= 15 is 0 Å². The molecule has 0 atom stereocenters. The summed E-state index contributed by atoms with van der Waals surface area (Å²) in [5, 5.41) is 0. The SMILES string of the molecule is Nc1nc2nc[nH]c2c(=O)[nH]1.O=C=Nc1ccc(N=C=O)cc1. The monoisotopic (exact) mass is 311 g/mol. The number of aromatic nitrogens is 4. The van der Waals surface area contributed by atoms with Crippen LogP contribution in [0.3, 0.4) is 0 Å². The average molecular weight is 311 g/mol. The number of aliphatic imine (C=N–C) groups is 2. The number of nitrogens with one attached hydrogen (secondary N) is 2. The molecular weight excluding hydrogens is 302 g/mol. The second kappa shape index (κ2) is 7.23. The van der Waals surface area contributed by atoms with E-state index in [2.05, 4.69) is 29.9 Å². The van der Waals surface area contributed by atoms with Crippen LogP contribution in [-0.2, 0) is 9.59 Å². The summed E-state index contributed by atoms with van der Waals surface area (Å²) in [5.74, 6) is 0.0783. The molecule has 0 fully saturated rings. The largest absolute Gasteiger partial charge is 0.369 e. The molecule has 4 N–H and O–H groups in total. The maximum atomic E-state index is 11.0. The molecule has 23 heavy (non-hydrogen) atoms. The molecule has 114 valence electrons. The van der Waals surface area contributed by atoms with Crippen molar-refractivity contribution in [1.29, 1.82) is 0 Å². The standard InChI is InChI=1S/C8H4N2O2.C5H5N5O/c11-5-9-7-1-2-8(4-3-7)10-6-12;6-5-9-3-2(4(11)10-5)7-1-8-3/h1-4H;1H,(H4,6,7,8,9,10,11). The van der Waals surface area contributed by atoms with E-state index in [1.165, 1.54) is 18.5 Å². The normalized spacial score (nSPS) is 9.22. The Hall–Kier alpha value is -3.87. The van der Waals surface area contributed by atoms with Gasteiger partial charge in [0.05, 0.1) is 17.7 Å². The van der Waals surface area contributed by atoms with E-state index in [0.717, 1.165) is 0 Å². The first-order valence-corrected chi connectivity index (χ1v) is 6.08. The van der Waals surface area contributed by atoms with Gasteiger partial charge in [0.1, 0.15) is 0 Å². The molecule has 0 spiro atoms. The zero-order valence-corrected chi connectivity index (χ0v) is 11.5. The van der Waals surface area contributed by atoms with Crippen LogP contribution in [0.5, 0.6) is 0 Å². The predicted molar refractivity (Wildman–Crippen MR) is 80.9 cm³/mol. The number of nitrogens with two attached hydrogens (primary N) is 1. The van der Waals surface area contributed by atoms with E-state index in [-0.39, 0.29) is 11.5 Å². The number of hydrogen-bond acceptors (Lipinski definition) is 8. The number of nitrogen functional groups attached to an aromatic ring is 1. The molecule has 0 aliphatic carbocycles. The first-order chi connectivity index (χ1) is 11.1. The predicted octanol–water partition coefficient (Wildman–Crippen LogP) is 0.850. The Morgan fingerprint density at radius 1 is 1.04 bits per heavy atom. The van der Waals surface area contributed by atoms with Crippen molar-refractivity contribution in [3.05, 3.63) is 40.9 Å². The lowest BCUT2D eigenvalue weighted by Gasteiger charge is -1.89. The number of isocyanates is 2. The summed E-state index contributed by atoms with van der Waals surface area (Å²) in [5.41, 5.74) is 6.61. The fourth-order valence-corrected chi connectivity index (χ4v) is 1.57. The van der Waals surface area contributed by atoms with Crippen molar-refractivity contribution in [3.63, 3.8) is 0 Å². The van der Waals surface area contributed by atoms with Crippen molar-refractivity contribution in [2.75, 3.05) is 5.73 Å². The summed E-state index contributed by atoms with van der Waals surface area (Å²) in [4.78, 5) is 49.9. The third kappa shape index (κ3) is 4.05. The minimum absolute atomic E-state index is 0.0783. The summed E-state index contributed by atoms with van der Waals surface area (Å²) >= 11 is 0. The summed E-state index contributed by atoms with van der Waals surface area (Å²) in [7, 11) is 0. The van der Waals surface area contributed by atoms with Gasteiger partial charge in [0, 0.05) is 0 Å². The first kappa shape index (κ1) is 15.5. The number of imidazole rings is 1. The second-order valence-electron chi connectivity index (χ2n) is 3.97. The number of nitrogens with zero attached hydrogens (tertiary/aromatic N) is 4. The fourth-order valence-electron chi connectivity index (χ4n) is 1.57. The molecule has 2 heterocycles. The fraction of sp³-hybridized carbons (Fsp3) is 0. The van der Waals surface area contributed by atoms with Gasteiger partial charge in [-0.15, -0.1) is 0 Å². The molecule has 2 aromatic heterocycles. The van der Waals surface area contributed by atoms with Gasteiger partial charge in [-0.2, -0.15) is 15.0 Å². The van der Waals surface area contributed by atoms with E-state index in [9.17, 15) is 14.4 Å². The van der Waals surface area contributed by atoms with Crippen LogP contribution in [0.2, 0.25) is 0 Å². The Morgan fingerprint density at radius 3 is 2.13 bits per heavy atom. The molecule has 0 unspecified atom stereocenters. The van der Waals surface area contributed by atoms with Crippen LogP contribution < -0.4 is 11.3 Å². The minimum atomic E-state index is -0.301. The topological polar surface area (TPSA) is 159 Å². The number of carbonyl (C=O) groups excluding carboxylic acids is 2. The van der Waals surface area contributed by atoms with Gasteiger partial charge in [-0.3, -0.25) is 9.78 Å². The average Bonchev–Trinajstić information content (AvgIpc) is 2.99. The zero-order valence-electron chi connectivity index (χ0n) is 11.5. The van der Waals surface area contributed by atoms with Gasteiger partial charge in [-0.25, -0.2) is 14.6 Å². The molecule has 0 saturated carbocycles. The molecular formula is C13H9N7O3. The van der Waals surface area contributed by atoms with Gasteiger partial charge < -0.3 is 10.7 Å². The maximum absolute atomic E-state index is 11.0. The number of aromatic amines is 2. The van der Waals surface area contributed by atoms with Crippen LogP contribution in [-0.4, -0.2) is 32.1 Å². The van der Waals surface area contributed by atoms with Crippen LogP contribution in [0, 0.1) is 0 Å². The third-order valence-corrected chi connectivity index (χ3v) is 2.51. The lowest BCUT2D eigenvalue weighted by atomic mass is 10.3. The molecule has 1 aromatic carbocycles. The number of benzene rings is 1. The number of H-pyrrole nitrogens is 2. The summed E-state index contributed by atoms with van der Waals surface area (Å²) < 4.78 is 0. The number of fused-ring (bicyclic) bond motifs is 1. The Balaban J connectivity index is 0.000000167. The number of hydrogen-bond donors (Lipinski definition) is 3. The van der Waals surface area contributed by atoms with Crippen molar-refractivity contribution in [1.82, 2.24) is 19.9 Å². The van der Waals surface area contributed by atoms with E-state index in [1.54, 1.807) is 24.3 Å². The molecule has 10 heteroatoms. The molecule has 0 aliphatic heterocycles. The molecule has 0 bridgehead atoms. The molecule has 0 amide bonds. The molecule has 0 radical (unpaired) electrons. The Labute approximate surface area is 127 Å². The highest BCUT2D eigenvalue weighted by molar-refractivity contribution is 5.69. The summed E-state index contributed by atoms with van der Waals surface area (Å²) in [6.45, 7) is 0. The first-order valence-electron chi connectivity index (χ1n) is 6.08. The van der Waals surface area contributed by atoms with Gasteiger partial charge >= 0.3 is 0 Å². The van der Waals surface area contributed by atoms with E-state index in [0.29, 0.717) is 22.5 Å². The van der Waals surface area contributed by atoms with Gasteiger partial charge in [0.15, 0.2) is 11.2 Å². The zero-order chi connectivity index (χ0) is 16.7. The summed E-state index contributed by atoms with van der Waals surface area (Å²) in [6, 6.07) is 6.23. The molecule has 3 aromatic rings. The van der Waals surface area contributed by atoms with Gasteiger partial charge in [-0.1, -0.05) is 0 Å². The number of rotatable bonds is 2. The van der Waals surface area contributed by atoms with Gasteiger partial charge in [0.25, 0.3) is 5.56 Å². The van der Waals surface area contributed by atoms with Gasteiger partial charge in [-0.05, 0) is 24.3 Å². The Morgan fingerprint density at radius 2 is 1.61 bits per heavy atom. The second-order valence-corrected chi connectivity index (χ2v) is 3.97. The van der Waals surface area contributed by atoms with Crippen molar-refractivity contribution in [2.24, 2.45) is 9.98 Å². The minimum Gasteiger partial charge on any atom is -0.369 e. The van der Waals surface area contributed by atoms with E-state index < -0.39 is 0 Å². The van der Waals surface area contributed by atoms with Gasteiger partial charge in [0.2, 0.25) is 18.1 Å². The van der Waals surface area contributed by atoms with Crippen LogP contribution in [0.25, 0.3) is 11.2 Å². The lowest BCUT2D eigenvalue weighted by Crippen LogP contribution is -2.10. The highest BCUT2D eigenvalue weighted by atomic mass is 16.1. The van der Waals surface area contributed by atoms with E-state index in [1.807, 2.05) is 0 Å². The Bertz CT molecular complexity index is 924. The highest BCUT2D eigenvalue weighted by Crippen LogP contribution is 2.17. The van der Waals surface area contributed by atoms with Crippen LogP contribution in [0.1, 0.15) is 0 Å². The van der Waals surface area contributed by atoms with Crippen molar-refractivity contribution >= 4 is 40.6 Å². The molecule has 0 aliphatic rings. The van der Waals surface area contributed by atoms with E-state index in [4.69, 9.17) is 5.73 Å². The molecule has 10 nitrogen and oxygen atoms in total. The van der Waals surface area contributed by atoms with Crippen LogP contribution in [0.15, 0.2) is 45.4 Å². The Kier molecular flexibility index (Phi) is 4.88. The smallest absolute Gasteiger partial charge is 0.278 e.